The summed E-state index contributed by atoms with van der Waals surface area (Å²) in [6, 6.07) is 0. The van der Waals surface area contributed by atoms with E-state index >= 15 is 0 Å². The molecule has 0 amide bonds. The van der Waals surface area contributed by atoms with E-state index in [4.69, 9.17) is 5.73 Å². The molecule has 5 heteroatoms. The first-order chi connectivity index (χ1) is 8.11. The standard InChI is InChI=1S/C12H24N2O2S/c13-7-11-3-1-2-4-12(11)8-14-17(15,16)9-10-5-6-10/h10-12,14H,1-9,13H2. The van der Waals surface area contributed by atoms with Crippen LogP contribution in [-0.4, -0.2) is 27.3 Å². The Morgan fingerprint density at radius 2 is 1.71 bits per heavy atom. The molecular formula is C12H24N2O2S. The molecule has 100 valence electrons. The SMILES string of the molecule is NCC1CCCCC1CNS(=O)(=O)CC1CC1. The highest BCUT2D eigenvalue weighted by molar-refractivity contribution is 7.89. The minimum Gasteiger partial charge on any atom is -0.330 e. The number of hydrogen-bond donors (Lipinski definition) is 2. The van der Waals surface area contributed by atoms with Gasteiger partial charge in [0.25, 0.3) is 0 Å². The van der Waals surface area contributed by atoms with Crippen LogP contribution in [0, 0.1) is 17.8 Å². The first-order valence-electron chi connectivity index (χ1n) is 6.78. The number of rotatable bonds is 6. The van der Waals surface area contributed by atoms with Crippen LogP contribution in [0.15, 0.2) is 0 Å². The van der Waals surface area contributed by atoms with Gasteiger partial charge in [0.05, 0.1) is 5.75 Å². The summed E-state index contributed by atoms with van der Waals surface area (Å²) in [6.45, 7) is 1.28. The van der Waals surface area contributed by atoms with Crippen LogP contribution in [0.2, 0.25) is 0 Å². The highest BCUT2D eigenvalue weighted by atomic mass is 32.2. The number of nitrogens with one attached hydrogen (secondary N) is 1. The molecule has 0 heterocycles. The maximum atomic E-state index is 11.8. The second-order valence-electron chi connectivity index (χ2n) is 5.61. The minimum atomic E-state index is -3.04. The summed E-state index contributed by atoms with van der Waals surface area (Å²) in [5.41, 5.74) is 5.75. The molecule has 2 aliphatic rings. The van der Waals surface area contributed by atoms with E-state index < -0.39 is 10.0 Å². The zero-order valence-corrected chi connectivity index (χ0v) is 11.2. The molecule has 0 saturated heterocycles. The van der Waals surface area contributed by atoms with Gasteiger partial charge < -0.3 is 5.73 Å². The van der Waals surface area contributed by atoms with Gasteiger partial charge in [0, 0.05) is 6.54 Å². The molecule has 0 bridgehead atoms. The fourth-order valence-corrected chi connectivity index (χ4v) is 4.29. The van der Waals surface area contributed by atoms with Crippen molar-refractivity contribution in [2.24, 2.45) is 23.5 Å². The predicted octanol–water partition coefficient (Wildman–Crippen LogP) is 1.08. The molecule has 17 heavy (non-hydrogen) atoms. The Morgan fingerprint density at radius 3 is 2.29 bits per heavy atom. The summed E-state index contributed by atoms with van der Waals surface area (Å²) >= 11 is 0. The van der Waals surface area contributed by atoms with E-state index in [0.717, 1.165) is 25.7 Å². The third-order valence-electron chi connectivity index (χ3n) is 4.09. The van der Waals surface area contributed by atoms with Crippen LogP contribution in [0.25, 0.3) is 0 Å². The zero-order chi connectivity index (χ0) is 12.3. The minimum absolute atomic E-state index is 0.326. The highest BCUT2D eigenvalue weighted by Crippen LogP contribution is 2.31. The van der Waals surface area contributed by atoms with E-state index in [9.17, 15) is 8.42 Å². The van der Waals surface area contributed by atoms with E-state index in [-0.39, 0.29) is 0 Å². The van der Waals surface area contributed by atoms with Crippen LogP contribution in [0.3, 0.4) is 0 Å². The van der Waals surface area contributed by atoms with Crippen LogP contribution < -0.4 is 10.5 Å². The summed E-state index contributed by atoms with van der Waals surface area (Å²) < 4.78 is 26.3. The lowest BCUT2D eigenvalue weighted by molar-refractivity contribution is 0.244. The third kappa shape index (κ3) is 4.23. The van der Waals surface area contributed by atoms with Gasteiger partial charge in [-0.15, -0.1) is 0 Å². The quantitative estimate of drug-likeness (QED) is 0.750. The first-order valence-corrected chi connectivity index (χ1v) is 8.43. The Hall–Kier alpha value is -0.130. The molecule has 4 nitrogen and oxygen atoms in total. The van der Waals surface area contributed by atoms with Gasteiger partial charge >= 0.3 is 0 Å². The van der Waals surface area contributed by atoms with Gasteiger partial charge in [-0.1, -0.05) is 12.8 Å². The largest absolute Gasteiger partial charge is 0.330 e. The first kappa shape index (κ1) is 13.3. The average molecular weight is 260 g/mol. The van der Waals surface area contributed by atoms with E-state index in [1.807, 2.05) is 0 Å². The van der Waals surface area contributed by atoms with Gasteiger partial charge in [0.2, 0.25) is 10.0 Å². The summed E-state index contributed by atoms with van der Waals surface area (Å²) in [4.78, 5) is 0. The highest BCUT2D eigenvalue weighted by Gasteiger charge is 2.29. The van der Waals surface area contributed by atoms with Gasteiger partial charge in [-0.05, 0) is 50.0 Å². The van der Waals surface area contributed by atoms with Crippen molar-refractivity contribution in [1.82, 2.24) is 4.72 Å². The Kier molecular flexibility index (Phi) is 4.44. The van der Waals surface area contributed by atoms with Crippen molar-refractivity contribution in [2.75, 3.05) is 18.8 Å². The number of hydrogen-bond acceptors (Lipinski definition) is 3. The molecule has 0 aromatic heterocycles. The van der Waals surface area contributed by atoms with Crippen molar-refractivity contribution < 1.29 is 8.42 Å². The zero-order valence-electron chi connectivity index (χ0n) is 10.4. The summed E-state index contributed by atoms with van der Waals surface area (Å²) in [7, 11) is -3.04. The molecule has 2 fully saturated rings. The molecule has 2 rings (SSSR count). The summed E-state index contributed by atoms with van der Waals surface area (Å²) in [6.07, 6.45) is 6.89. The Morgan fingerprint density at radius 1 is 1.06 bits per heavy atom. The van der Waals surface area contributed by atoms with Crippen molar-refractivity contribution in [2.45, 2.75) is 38.5 Å². The van der Waals surface area contributed by atoms with Gasteiger partial charge in [-0.3, -0.25) is 0 Å². The lowest BCUT2D eigenvalue weighted by Gasteiger charge is -2.30. The molecule has 2 saturated carbocycles. The third-order valence-corrected chi connectivity index (χ3v) is 5.60. The molecule has 0 radical (unpaired) electrons. The predicted molar refractivity (Wildman–Crippen MR) is 69.0 cm³/mol. The molecule has 3 N–H and O–H groups in total. The monoisotopic (exact) mass is 260 g/mol. The van der Waals surface area contributed by atoms with Crippen molar-refractivity contribution in [3.63, 3.8) is 0 Å². The van der Waals surface area contributed by atoms with Gasteiger partial charge in [-0.2, -0.15) is 0 Å². The van der Waals surface area contributed by atoms with Crippen molar-refractivity contribution in [3.8, 4) is 0 Å². The molecule has 2 unspecified atom stereocenters. The molecule has 0 aromatic rings. The Bertz CT molecular complexity index is 338. The van der Waals surface area contributed by atoms with Crippen LogP contribution in [-0.2, 0) is 10.0 Å². The second-order valence-corrected chi connectivity index (χ2v) is 7.47. The summed E-state index contributed by atoms with van der Waals surface area (Å²) in [5, 5.41) is 0. The van der Waals surface area contributed by atoms with E-state index in [1.165, 1.54) is 12.8 Å². The number of nitrogens with two attached hydrogens (primary N) is 1. The average Bonchev–Trinajstić information content (AvgIpc) is 3.10. The lowest BCUT2D eigenvalue weighted by Crippen LogP contribution is -2.38. The molecule has 2 aliphatic carbocycles. The van der Waals surface area contributed by atoms with Crippen molar-refractivity contribution >= 4 is 10.0 Å². The van der Waals surface area contributed by atoms with Gasteiger partial charge in [0.15, 0.2) is 0 Å². The van der Waals surface area contributed by atoms with E-state index in [1.54, 1.807) is 0 Å². The molecular weight excluding hydrogens is 236 g/mol. The smallest absolute Gasteiger partial charge is 0.211 e. The van der Waals surface area contributed by atoms with Crippen molar-refractivity contribution in [3.05, 3.63) is 0 Å². The molecule has 0 aliphatic heterocycles. The second kappa shape index (κ2) is 5.67. The topological polar surface area (TPSA) is 72.2 Å². The molecule has 0 aromatic carbocycles. The normalized spacial score (nSPS) is 30.4. The fraction of sp³-hybridized carbons (Fsp3) is 1.00. The van der Waals surface area contributed by atoms with Crippen LogP contribution in [0.1, 0.15) is 38.5 Å². The maximum absolute atomic E-state index is 11.8. The molecule has 0 spiro atoms. The van der Waals surface area contributed by atoms with Gasteiger partial charge in [-0.25, -0.2) is 13.1 Å². The van der Waals surface area contributed by atoms with Gasteiger partial charge in [0.1, 0.15) is 0 Å². The van der Waals surface area contributed by atoms with Crippen LogP contribution in [0.5, 0.6) is 0 Å². The summed E-state index contributed by atoms with van der Waals surface area (Å²) in [5.74, 6) is 1.70. The molecule has 2 atom stereocenters. The van der Waals surface area contributed by atoms with Crippen LogP contribution >= 0.6 is 0 Å². The lowest BCUT2D eigenvalue weighted by atomic mass is 9.79. The maximum Gasteiger partial charge on any atom is 0.211 e. The van der Waals surface area contributed by atoms with E-state index in [0.29, 0.717) is 36.6 Å². The Labute approximate surface area is 104 Å². The van der Waals surface area contributed by atoms with Crippen molar-refractivity contribution in [1.29, 1.82) is 0 Å². The Balaban J connectivity index is 1.79. The van der Waals surface area contributed by atoms with Crippen LogP contribution in [0.4, 0.5) is 0 Å². The number of sulfonamides is 1. The van der Waals surface area contributed by atoms with E-state index in [2.05, 4.69) is 4.72 Å². The fourth-order valence-electron chi connectivity index (χ4n) is 2.75.